The third-order valence-corrected chi connectivity index (χ3v) is 6.70. The molecule has 3 heteroatoms. The van der Waals surface area contributed by atoms with Crippen molar-refractivity contribution in [3.05, 3.63) is 28.4 Å². The number of benzene rings is 1. The minimum atomic E-state index is 0.141. The Morgan fingerprint density at radius 1 is 1.25 bits per heavy atom. The van der Waals surface area contributed by atoms with Gasteiger partial charge in [-0.15, -0.1) is 0 Å². The van der Waals surface area contributed by atoms with Crippen molar-refractivity contribution in [1.82, 2.24) is 0 Å². The topological polar surface area (TPSA) is 0 Å². The standard InChI is InChI=1S/C9H9I3/c1-3-12-9-5-7(10)6(2)4-8(9)11/h3-5H,1-2H3. The molecular formula is C9H9I3. The zero-order valence-electron chi connectivity index (χ0n) is 6.87. The lowest BCUT2D eigenvalue weighted by atomic mass is 10.2. The molecule has 66 valence electrons. The zero-order chi connectivity index (χ0) is 9.14. The molecule has 0 fully saturated rings. The van der Waals surface area contributed by atoms with Crippen molar-refractivity contribution in [3.63, 3.8) is 0 Å². The van der Waals surface area contributed by atoms with Crippen LogP contribution >= 0.6 is 65.9 Å². The molecule has 12 heavy (non-hydrogen) atoms. The van der Waals surface area contributed by atoms with E-state index in [1.165, 1.54) is 12.7 Å². The Labute approximate surface area is 111 Å². The maximum Gasteiger partial charge on any atom is 0.0263 e. The fourth-order valence-electron chi connectivity index (χ4n) is 0.823. The summed E-state index contributed by atoms with van der Waals surface area (Å²) in [6.07, 6.45) is 0. The molecule has 0 atom stereocenters. The van der Waals surface area contributed by atoms with Gasteiger partial charge >= 0.3 is 0 Å². The molecular weight excluding hydrogens is 489 g/mol. The van der Waals surface area contributed by atoms with Gasteiger partial charge in [0.05, 0.1) is 0 Å². The molecule has 0 saturated heterocycles. The third kappa shape index (κ3) is 2.90. The summed E-state index contributed by atoms with van der Waals surface area (Å²) in [6, 6.07) is 4.60. The van der Waals surface area contributed by atoms with Gasteiger partial charge in [-0.25, -0.2) is 0 Å². The molecule has 0 unspecified atom stereocenters. The number of hydrogen-bond acceptors (Lipinski definition) is 0. The number of aryl methyl sites for hydroxylation is 1. The Bertz CT molecular complexity index is 316. The highest BCUT2D eigenvalue weighted by Crippen LogP contribution is 2.23. The maximum atomic E-state index is 2.43. The lowest BCUT2D eigenvalue weighted by Gasteiger charge is -2.02. The first-order valence-electron chi connectivity index (χ1n) is 3.52. The molecule has 1 aromatic rings. The molecule has 0 aliphatic carbocycles. The predicted molar refractivity (Wildman–Crippen MR) is 81.1 cm³/mol. The molecule has 1 aromatic carbocycles. The molecule has 0 nitrogen and oxygen atoms in total. The van der Waals surface area contributed by atoms with Crippen molar-refractivity contribution in [3.8, 4) is 0 Å². The molecule has 0 N–H and O–H groups in total. The van der Waals surface area contributed by atoms with Crippen LogP contribution in [0.5, 0.6) is 0 Å². The van der Waals surface area contributed by atoms with E-state index in [0.29, 0.717) is 0 Å². The second-order valence-corrected chi connectivity index (χ2v) is 7.70. The van der Waals surface area contributed by atoms with Gasteiger partial charge in [-0.1, -0.05) is 24.7 Å². The maximum absolute atomic E-state index is 2.43. The first kappa shape index (κ1) is 11.4. The van der Waals surface area contributed by atoms with Crippen LogP contribution in [0.1, 0.15) is 12.5 Å². The third-order valence-electron chi connectivity index (χ3n) is 1.43. The largest absolute Gasteiger partial charge is 0.0892 e. The second kappa shape index (κ2) is 5.23. The van der Waals surface area contributed by atoms with Crippen LogP contribution in [0.25, 0.3) is 0 Å². The van der Waals surface area contributed by atoms with E-state index in [1.54, 1.807) is 3.57 Å². The van der Waals surface area contributed by atoms with E-state index in [2.05, 4.69) is 75.2 Å². The quantitative estimate of drug-likeness (QED) is 0.404. The molecule has 0 bridgehead atoms. The molecule has 0 heterocycles. The Kier molecular flexibility index (Phi) is 4.95. The molecule has 0 aliphatic rings. The van der Waals surface area contributed by atoms with Gasteiger partial charge in [-0.3, -0.25) is 0 Å². The first-order valence-corrected chi connectivity index (χ1v) is 8.00. The van der Waals surface area contributed by atoms with Crippen molar-refractivity contribution in [2.24, 2.45) is 0 Å². The average molecular weight is 498 g/mol. The second-order valence-electron chi connectivity index (χ2n) is 2.34. The van der Waals surface area contributed by atoms with Crippen molar-refractivity contribution in [1.29, 1.82) is 0 Å². The van der Waals surface area contributed by atoms with Gasteiger partial charge in [0.25, 0.3) is 0 Å². The lowest BCUT2D eigenvalue weighted by Crippen LogP contribution is -1.86. The van der Waals surface area contributed by atoms with Crippen LogP contribution in [0.15, 0.2) is 12.1 Å². The minimum absolute atomic E-state index is 0.141. The van der Waals surface area contributed by atoms with E-state index in [9.17, 15) is 0 Å². The number of hydrogen-bond donors (Lipinski definition) is 0. The van der Waals surface area contributed by atoms with E-state index < -0.39 is 0 Å². The molecule has 1 rings (SSSR count). The summed E-state index contributed by atoms with van der Waals surface area (Å²) in [4.78, 5) is 0. The summed E-state index contributed by atoms with van der Waals surface area (Å²) in [5.41, 5.74) is 1.39. The summed E-state index contributed by atoms with van der Waals surface area (Å²) in [7, 11) is 0. The average Bonchev–Trinajstić information content (AvgIpc) is 2.01. The van der Waals surface area contributed by atoms with Crippen LogP contribution in [0.4, 0.5) is 0 Å². The summed E-state index contributed by atoms with van der Waals surface area (Å²) in [5, 5.41) is 0. The first-order chi connectivity index (χ1) is 5.65. The van der Waals surface area contributed by atoms with Crippen LogP contribution in [0, 0.1) is 17.6 Å². The minimum Gasteiger partial charge on any atom is -0.0892 e. The number of rotatable bonds is 1. The van der Waals surface area contributed by atoms with Crippen molar-refractivity contribution < 1.29 is 0 Å². The van der Waals surface area contributed by atoms with E-state index in [-0.39, 0.29) is 20.7 Å². The smallest absolute Gasteiger partial charge is 0.0263 e. The van der Waals surface area contributed by atoms with Crippen molar-refractivity contribution in [2.75, 3.05) is 0 Å². The molecule has 0 radical (unpaired) electrons. The fraction of sp³-hybridized carbons (Fsp3) is 0.222. The van der Waals surface area contributed by atoms with Crippen molar-refractivity contribution in [2.45, 2.75) is 13.8 Å². The van der Waals surface area contributed by atoms with Crippen LogP contribution in [0.3, 0.4) is 0 Å². The van der Waals surface area contributed by atoms with Gasteiger partial charge in [-0.05, 0) is 76.7 Å². The molecule has 0 aromatic heterocycles. The summed E-state index contributed by atoms with van der Waals surface area (Å²) >= 11 is 4.98. The Hall–Kier alpha value is 1.28. The van der Waals surface area contributed by atoms with Gasteiger partial charge in [0.2, 0.25) is 0 Å². The molecule has 0 amide bonds. The Balaban J connectivity index is 3.23. The van der Waals surface area contributed by atoms with E-state index >= 15 is 0 Å². The normalized spacial score (nSPS) is 11.7. The van der Waals surface area contributed by atoms with Crippen LogP contribution < -0.4 is 0 Å². The van der Waals surface area contributed by atoms with Crippen LogP contribution in [0.2, 0.25) is 0 Å². The van der Waals surface area contributed by atoms with Gasteiger partial charge in [-0.2, -0.15) is 0 Å². The van der Waals surface area contributed by atoms with Gasteiger partial charge in [0.15, 0.2) is 0 Å². The lowest BCUT2D eigenvalue weighted by molar-refractivity contribution is 1.39. The van der Waals surface area contributed by atoms with E-state index in [1.807, 2.05) is 0 Å². The highest BCUT2D eigenvalue weighted by atomic mass is 127. The summed E-state index contributed by atoms with van der Waals surface area (Å²) in [5.74, 6) is 0. The highest BCUT2D eigenvalue weighted by Gasteiger charge is 2.00. The SMILES string of the molecule is CC=Ic1cc(I)c(C)cc1I. The predicted octanol–water partition coefficient (Wildman–Crippen LogP) is 4.17. The van der Waals surface area contributed by atoms with E-state index in [4.69, 9.17) is 0 Å². The molecule has 0 saturated carbocycles. The van der Waals surface area contributed by atoms with E-state index in [0.717, 1.165) is 0 Å². The molecule has 0 aliphatic heterocycles. The van der Waals surface area contributed by atoms with Gasteiger partial charge < -0.3 is 0 Å². The fourth-order valence-corrected chi connectivity index (χ4v) is 4.91. The highest BCUT2D eigenvalue weighted by molar-refractivity contribution is 14.2. The zero-order valence-corrected chi connectivity index (χ0v) is 13.3. The number of halogens is 3. The molecule has 0 spiro atoms. The summed E-state index contributed by atoms with van der Waals surface area (Å²) < 4.78 is 6.68. The monoisotopic (exact) mass is 498 g/mol. The van der Waals surface area contributed by atoms with Crippen LogP contribution in [-0.2, 0) is 0 Å². The van der Waals surface area contributed by atoms with Crippen LogP contribution in [-0.4, -0.2) is 4.01 Å². The van der Waals surface area contributed by atoms with Gasteiger partial charge in [0.1, 0.15) is 0 Å². The summed E-state index contributed by atoms with van der Waals surface area (Å²) in [6.45, 7) is 4.32. The van der Waals surface area contributed by atoms with Gasteiger partial charge in [0, 0.05) is 10.7 Å². The van der Waals surface area contributed by atoms with Crippen molar-refractivity contribution >= 4 is 69.9 Å². The Morgan fingerprint density at radius 3 is 2.50 bits per heavy atom. The Morgan fingerprint density at radius 2 is 1.92 bits per heavy atom.